The Balaban J connectivity index is 0.00000363. The number of nitro benzene ring substituents is 1. The maximum Gasteiger partial charge on any atom is 0.269 e. The molecule has 0 amide bonds. The fourth-order valence-electron chi connectivity index (χ4n) is 2.97. The zero-order valence-corrected chi connectivity index (χ0v) is 19.1. The van der Waals surface area contributed by atoms with E-state index < -0.39 is 4.92 Å². The molecule has 0 unspecified atom stereocenters. The smallest absolute Gasteiger partial charge is 0.269 e. The average molecular weight is 478 g/mol. The van der Waals surface area contributed by atoms with Gasteiger partial charge >= 0.3 is 0 Å². The molecule has 0 aliphatic rings. The molecule has 3 aromatic carbocycles. The second kappa shape index (κ2) is 12.8. The topological polar surface area (TPSA) is 85.7 Å². The van der Waals surface area contributed by atoms with Gasteiger partial charge in [-0.15, -0.1) is 12.4 Å². The van der Waals surface area contributed by atoms with E-state index in [1.165, 1.54) is 12.1 Å². The quantitative estimate of drug-likeness (QED) is 0.216. The van der Waals surface area contributed by atoms with Crippen molar-refractivity contribution in [1.29, 1.82) is 0 Å². The summed E-state index contributed by atoms with van der Waals surface area (Å²) in [6, 6.07) is 20.0. The van der Waals surface area contributed by atoms with Crippen molar-refractivity contribution < 1.29 is 14.4 Å². The van der Waals surface area contributed by atoms with Gasteiger partial charge in [-0.1, -0.05) is 41.9 Å². The summed E-state index contributed by atoms with van der Waals surface area (Å²) in [6.07, 6.45) is 0. The Labute approximate surface area is 198 Å². The number of hydrogen-bond donors (Lipinski definition) is 2. The van der Waals surface area contributed by atoms with Crippen LogP contribution in [0.5, 0.6) is 11.5 Å². The summed E-state index contributed by atoms with van der Waals surface area (Å²) in [5.41, 5.74) is 2.93. The Morgan fingerprint density at radius 3 is 2.38 bits per heavy atom. The molecule has 0 spiro atoms. The number of methoxy groups -OCH3 is 1. The third-order valence-electron chi connectivity index (χ3n) is 4.55. The first-order chi connectivity index (χ1) is 15.1. The van der Waals surface area contributed by atoms with E-state index in [9.17, 15) is 10.1 Å². The number of nitrogens with one attached hydrogen (secondary N) is 2. The van der Waals surface area contributed by atoms with Crippen LogP contribution in [0.3, 0.4) is 0 Å². The van der Waals surface area contributed by atoms with E-state index in [1.807, 2.05) is 42.5 Å². The third-order valence-corrected chi connectivity index (χ3v) is 4.83. The molecule has 0 atom stereocenters. The number of nitro groups is 1. The molecule has 32 heavy (non-hydrogen) atoms. The van der Waals surface area contributed by atoms with Crippen LogP contribution in [-0.4, -0.2) is 25.1 Å². The molecule has 0 aliphatic heterocycles. The summed E-state index contributed by atoms with van der Waals surface area (Å²) in [4.78, 5) is 10.3. The van der Waals surface area contributed by atoms with E-state index in [1.54, 1.807) is 19.2 Å². The van der Waals surface area contributed by atoms with Crippen molar-refractivity contribution in [3.8, 4) is 11.5 Å². The van der Waals surface area contributed by atoms with Crippen LogP contribution in [0.2, 0.25) is 5.02 Å². The van der Waals surface area contributed by atoms with Crippen molar-refractivity contribution >= 4 is 35.4 Å². The Morgan fingerprint density at radius 2 is 1.72 bits per heavy atom. The van der Waals surface area contributed by atoms with E-state index in [0.29, 0.717) is 42.8 Å². The van der Waals surface area contributed by atoms with Gasteiger partial charge in [0.25, 0.3) is 5.69 Å². The Hall–Kier alpha value is -3.00. The first kappa shape index (κ1) is 25.3. The number of anilines is 1. The van der Waals surface area contributed by atoms with Gasteiger partial charge < -0.3 is 20.1 Å². The lowest BCUT2D eigenvalue weighted by Gasteiger charge is -2.15. The van der Waals surface area contributed by atoms with Crippen LogP contribution < -0.4 is 20.1 Å². The molecular formula is C23H25Cl2N3O4. The van der Waals surface area contributed by atoms with Gasteiger partial charge in [-0.25, -0.2) is 0 Å². The van der Waals surface area contributed by atoms with Crippen LogP contribution in [0.15, 0.2) is 66.7 Å². The molecule has 9 heteroatoms. The summed E-state index contributed by atoms with van der Waals surface area (Å²) in [7, 11) is 1.59. The maximum absolute atomic E-state index is 10.7. The molecule has 3 aromatic rings. The summed E-state index contributed by atoms with van der Waals surface area (Å²) < 4.78 is 11.4. The summed E-state index contributed by atoms with van der Waals surface area (Å²) in [5.74, 6) is 1.11. The van der Waals surface area contributed by atoms with Crippen molar-refractivity contribution in [2.45, 2.75) is 13.2 Å². The highest BCUT2D eigenvalue weighted by molar-refractivity contribution is 6.32. The van der Waals surface area contributed by atoms with Crippen molar-refractivity contribution in [2.24, 2.45) is 0 Å². The van der Waals surface area contributed by atoms with E-state index in [0.717, 1.165) is 16.8 Å². The predicted molar refractivity (Wildman–Crippen MR) is 129 cm³/mol. The number of nitrogens with zero attached hydrogens (tertiary/aromatic N) is 1. The van der Waals surface area contributed by atoms with Crippen molar-refractivity contribution in [3.63, 3.8) is 0 Å². The molecule has 0 bridgehead atoms. The molecule has 3 rings (SSSR count). The highest BCUT2D eigenvalue weighted by atomic mass is 35.5. The number of ether oxygens (including phenoxy) is 2. The number of non-ortho nitro benzene ring substituents is 1. The zero-order valence-electron chi connectivity index (χ0n) is 17.5. The molecule has 7 nitrogen and oxygen atoms in total. The Kier molecular flexibility index (Phi) is 10.1. The summed E-state index contributed by atoms with van der Waals surface area (Å²) in [5, 5.41) is 17.7. The monoisotopic (exact) mass is 477 g/mol. The van der Waals surface area contributed by atoms with Crippen molar-refractivity contribution in [3.05, 3.63) is 93.0 Å². The van der Waals surface area contributed by atoms with Gasteiger partial charge in [-0.3, -0.25) is 10.1 Å². The Bertz CT molecular complexity index is 1000. The number of halogens is 2. The SMILES string of the molecule is COc1cc(CNCCNc2ccc([N+](=O)[O-])cc2)cc(Cl)c1OCc1ccccc1.Cl. The van der Waals surface area contributed by atoms with Gasteiger partial charge in [-0.2, -0.15) is 0 Å². The molecule has 0 fully saturated rings. The van der Waals surface area contributed by atoms with Crippen LogP contribution in [0.1, 0.15) is 11.1 Å². The third kappa shape index (κ3) is 7.30. The van der Waals surface area contributed by atoms with Crippen molar-refractivity contribution in [2.75, 3.05) is 25.5 Å². The largest absolute Gasteiger partial charge is 0.493 e. The van der Waals surface area contributed by atoms with Gasteiger partial charge in [0.1, 0.15) is 6.61 Å². The van der Waals surface area contributed by atoms with Crippen LogP contribution in [0, 0.1) is 10.1 Å². The molecule has 2 N–H and O–H groups in total. The zero-order chi connectivity index (χ0) is 22.1. The highest BCUT2D eigenvalue weighted by Gasteiger charge is 2.12. The lowest BCUT2D eigenvalue weighted by Crippen LogP contribution is -2.21. The molecular weight excluding hydrogens is 453 g/mol. The van der Waals surface area contributed by atoms with E-state index in [2.05, 4.69) is 10.6 Å². The maximum atomic E-state index is 10.7. The fraction of sp³-hybridized carbons (Fsp3) is 0.217. The van der Waals surface area contributed by atoms with Gasteiger partial charge in [0.2, 0.25) is 0 Å². The molecule has 0 saturated carbocycles. The molecule has 0 heterocycles. The van der Waals surface area contributed by atoms with Crippen molar-refractivity contribution in [1.82, 2.24) is 5.32 Å². The number of rotatable bonds is 11. The second-order valence-electron chi connectivity index (χ2n) is 6.79. The van der Waals surface area contributed by atoms with Gasteiger partial charge in [-0.05, 0) is 35.4 Å². The molecule has 170 valence electrons. The van der Waals surface area contributed by atoms with Crippen LogP contribution >= 0.6 is 24.0 Å². The summed E-state index contributed by atoms with van der Waals surface area (Å²) >= 11 is 6.44. The van der Waals surface area contributed by atoms with Gasteiger partial charge in [0.05, 0.1) is 17.1 Å². The van der Waals surface area contributed by atoms with Crippen LogP contribution in [-0.2, 0) is 13.2 Å². The lowest BCUT2D eigenvalue weighted by molar-refractivity contribution is -0.384. The van der Waals surface area contributed by atoms with E-state index in [-0.39, 0.29) is 18.1 Å². The predicted octanol–water partition coefficient (Wildman–Crippen LogP) is 5.46. The number of hydrogen-bond acceptors (Lipinski definition) is 6. The van der Waals surface area contributed by atoms with E-state index in [4.69, 9.17) is 21.1 Å². The Morgan fingerprint density at radius 1 is 1.00 bits per heavy atom. The second-order valence-corrected chi connectivity index (χ2v) is 7.20. The molecule has 0 saturated heterocycles. The lowest BCUT2D eigenvalue weighted by atomic mass is 10.2. The first-order valence-corrected chi connectivity index (χ1v) is 10.2. The fourth-order valence-corrected chi connectivity index (χ4v) is 3.26. The number of benzene rings is 3. The minimum Gasteiger partial charge on any atom is -0.493 e. The minimum atomic E-state index is -0.414. The van der Waals surface area contributed by atoms with E-state index >= 15 is 0 Å². The standard InChI is InChI=1S/C23H24ClN3O4.ClH/c1-30-22-14-18(13-21(24)23(22)31-16-17-5-3-2-4-6-17)15-25-11-12-26-19-7-9-20(10-8-19)27(28)29;/h2-10,13-14,25-26H,11-12,15-16H2,1H3;1H. The average Bonchev–Trinajstić information content (AvgIpc) is 2.78. The molecule has 0 radical (unpaired) electrons. The molecule has 0 aromatic heterocycles. The van der Waals surface area contributed by atoms with Crippen LogP contribution in [0.25, 0.3) is 0 Å². The first-order valence-electron chi connectivity index (χ1n) is 9.79. The normalized spacial score (nSPS) is 10.2. The summed E-state index contributed by atoms with van der Waals surface area (Å²) in [6.45, 7) is 2.38. The van der Waals surface area contributed by atoms with Crippen LogP contribution in [0.4, 0.5) is 11.4 Å². The highest BCUT2D eigenvalue weighted by Crippen LogP contribution is 2.37. The van der Waals surface area contributed by atoms with Gasteiger partial charge in [0, 0.05) is 37.5 Å². The molecule has 0 aliphatic carbocycles. The van der Waals surface area contributed by atoms with Gasteiger partial charge in [0.15, 0.2) is 11.5 Å². The minimum absolute atomic E-state index is 0.